The molecule has 154 valence electrons. The number of piperidine rings is 2. The van der Waals surface area contributed by atoms with Crippen LogP contribution in [0.3, 0.4) is 0 Å². The minimum absolute atomic E-state index is 0.0670. The number of carboxylic acid groups (broad SMARTS) is 1. The second-order valence-electron chi connectivity index (χ2n) is 7.52. The van der Waals surface area contributed by atoms with Crippen LogP contribution in [0.15, 0.2) is 0 Å². The molecular weight excluding hydrogens is 367 g/mol. The lowest BCUT2D eigenvalue weighted by molar-refractivity contribution is -0.149. The summed E-state index contributed by atoms with van der Waals surface area (Å²) in [6, 6.07) is -0.732. The van der Waals surface area contributed by atoms with Crippen molar-refractivity contribution in [3.63, 3.8) is 0 Å². The summed E-state index contributed by atoms with van der Waals surface area (Å²) in [6.45, 7) is 3.03. The highest BCUT2D eigenvalue weighted by molar-refractivity contribution is 5.78. The number of carboxylic acids is 1. The number of carbonyl (C=O) groups excluding carboxylic acids is 2. The molecule has 0 aromatic rings. The number of carbonyl (C=O) groups is 3. The van der Waals surface area contributed by atoms with Crippen LogP contribution in [0.4, 0.5) is 18.0 Å². The first kappa shape index (κ1) is 21.3. The van der Waals surface area contributed by atoms with Crippen molar-refractivity contribution in [2.24, 2.45) is 11.8 Å². The number of rotatable bonds is 4. The Morgan fingerprint density at radius 2 is 1.85 bits per heavy atom. The molecule has 0 aromatic carbocycles. The molecule has 10 heteroatoms. The molecule has 2 heterocycles. The fourth-order valence-electron chi connectivity index (χ4n) is 3.69. The van der Waals surface area contributed by atoms with Gasteiger partial charge >= 0.3 is 18.2 Å². The Kier molecular flexibility index (Phi) is 6.94. The van der Waals surface area contributed by atoms with Crippen molar-refractivity contribution < 1.29 is 32.7 Å². The number of halogens is 3. The van der Waals surface area contributed by atoms with E-state index in [-0.39, 0.29) is 31.1 Å². The highest BCUT2D eigenvalue weighted by atomic mass is 19.4. The van der Waals surface area contributed by atoms with Crippen molar-refractivity contribution in [1.82, 2.24) is 15.1 Å². The molecule has 0 aliphatic carbocycles. The van der Waals surface area contributed by atoms with Gasteiger partial charge in [0.25, 0.3) is 0 Å². The highest BCUT2D eigenvalue weighted by Crippen LogP contribution is 2.24. The number of aliphatic carboxylic acids is 1. The number of alkyl halides is 3. The third-order valence-corrected chi connectivity index (χ3v) is 5.02. The van der Waals surface area contributed by atoms with Gasteiger partial charge in [-0.05, 0) is 25.2 Å². The molecular formula is C17H26F3N3O4. The summed E-state index contributed by atoms with van der Waals surface area (Å²) in [5.74, 6) is -2.04. The lowest BCUT2D eigenvalue weighted by atomic mass is 9.91. The van der Waals surface area contributed by atoms with Gasteiger partial charge in [0.05, 0.1) is 12.3 Å². The Hall–Kier alpha value is -2.00. The van der Waals surface area contributed by atoms with E-state index in [9.17, 15) is 32.7 Å². The zero-order valence-corrected chi connectivity index (χ0v) is 15.3. The first-order valence-electron chi connectivity index (χ1n) is 9.18. The minimum Gasteiger partial charge on any atom is -0.481 e. The van der Waals surface area contributed by atoms with Gasteiger partial charge < -0.3 is 20.2 Å². The van der Waals surface area contributed by atoms with Crippen LogP contribution in [0.25, 0.3) is 0 Å². The third-order valence-electron chi connectivity index (χ3n) is 5.02. The zero-order chi connectivity index (χ0) is 20.2. The number of likely N-dealkylation sites (tertiary alicyclic amines) is 2. The zero-order valence-electron chi connectivity index (χ0n) is 15.3. The van der Waals surface area contributed by atoms with Gasteiger partial charge in [-0.2, -0.15) is 13.2 Å². The lowest BCUT2D eigenvalue weighted by Gasteiger charge is -2.38. The van der Waals surface area contributed by atoms with Crippen LogP contribution in [0.5, 0.6) is 0 Å². The molecule has 2 aliphatic rings. The maximum absolute atomic E-state index is 12.5. The van der Waals surface area contributed by atoms with Gasteiger partial charge in [-0.15, -0.1) is 0 Å². The lowest BCUT2D eigenvalue weighted by Crippen LogP contribution is -2.55. The highest BCUT2D eigenvalue weighted by Gasteiger charge is 2.34. The summed E-state index contributed by atoms with van der Waals surface area (Å²) in [5.41, 5.74) is 0. The van der Waals surface area contributed by atoms with E-state index in [0.29, 0.717) is 32.4 Å². The normalized spacial score (nSPS) is 26.6. The summed E-state index contributed by atoms with van der Waals surface area (Å²) in [4.78, 5) is 38.5. The summed E-state index contributed by atoms with van der Waals surface area (Å²) in [7, 11) is 0. The molecule has 2 saturated heterocycles. The Morgan fingerprint density at radius 3 is 2.48 bits per heavy atom. The molecule has 7 nitrogen and oxygen atoms in total. The molecule has 3 amide bonds. The van der Waals surface area contributed by atoms with E-state index in [4.69, 9.17) is 0 Å². The predicted octanol–water partition coefficient (Wildman–Crippen LogP) is 2.07. The Balaban J connectivity index is 1.86. The summed E-state index contributed by atoms with van der Waals surface area (Å²) < 4.78 is 36.8. The van der Waals surface area contributed by atoms with E-state index in [1.807, 2.05) is 6.92 Å². The number of amides is 3. The van der Waals surface area contributed by atoms with Gasteiger partial charge in [-0.3, -0.25) is 9.59 Å². The van der Waals surface area contributed by atoms with E-state index in [0.717, 1.165) is 0 Å². The molecule has 0 radical (unpaired) electrons. The average molecular weight is 393 g/mol. The Bertz CT molecular complexity index is 570. The predicted molar refractivity (Wildman–Crippen MR) is 89.9 cm³/mol. The van der Waals surface area contributed by atoms with Crippen molar-refractivity contribution in [2.45, 2.75) is 51.2 Å². The molecule has 3 atom stereocenters. The van der Waals surface area contributed by atoms with E-state index in [2.05, 4.69) is 5.32 Å². The second kappa shape index (κ2) is 8.79. The van der Waals surface area contributed by atoms with E-state index in [1.54, 1.807) is 0 Å². The summed E-state index contributed by atoms with van der Waals surface area (Å²) in [5, 5.41) is 12.0. The third kappa shape index (κ3) is 6.59. The van der Waals surface area contributed by atoms with Crippen LogP contribution in [0.1, 0.15) is 39.0 Å². The van der Waals surface area contributed by atoms with Gasteiger partial charge in [0.2, 0.25) is 5.91 Å². The molecule has 2 aliphatic heterocycles. The number of urea groups is 1. The smallest absolute Gasteiger partial charge is 0.389 e. The number of hydrogen-bond donors (Lipinski definition) is 2. The van der Waals surface area contributed by atoms with E-state index in [1.165, 1.54) is 9.80 Å². The largest absolute Gasteiger partial charge is 0.481 e. The molecule has 0 saturated carbocycles. The summed E-state index contributed by atoms with van der Waals surface area (Å²) in [6.07, 6.45) is -4.37. The van der Waals surface area contributed by atoms with Crippen LogP contribution in [0.2, 0.25) is 0 Å². The molecule has 0 spiro atoms. The Morgan fingerprint density at radius 1 is 1.15 bits per heavy atom. The number of nitrogens with zero attached hydrogens (tertiary/aromatic N) is 2. The molecule has 2 fully saturated rings. The van der Waals surface area contributed by atoms with E-state index >= 15 is 0 Å². The number of hydrogen-bond acceptors (Lipinski definition) is 3. The molecule has 2 rings (SSSR count). The SMILES string of the molecule is CC1CC(C(=O)O)CN(C(=O)N[C@@H]2CCCN(C(=O)CCC(F)(F)F)C2)C1. The molecule has 27 heavy (non-hydrogen) atoms. The van der Waals surface area contributed by atoms with Crippen LogP contribution in [0, 0.1) is 11.8 Å². The average Bonchev–Trinajstić information content (AvgIpc) is 2.58. The monoisotopic (exact) mass is 393 g/mol. The Labute approximate surface area is 155 Å². The topological polar surface area (TPSA) is 89.9 Å². The minimum atomic E-state index is -4.37. The quantitative estimate of drug-likeness (QED) is 0.765. The second-order valence-corrected chi connectivity index (χ2v) is 7.52. The van der Waals surface area contributed by atoms with Gasteiger partial charge in [0.1, 0.15) is 0 Å². The molecule has 2 N–H and O–H groups in total. The van der Waals surface area contributed by atoms with Crippen molar-refractivity contribution in [3.8, 4) is 0 Å². The van der Waals surface area contributed by atoms with Crippen LogP contribution >= 0.6 is 0 Å². The number of nitrogens with one attached hydrogen (secondary N) is 1. The van der Waals surface area contributed by atoms with Gasteiger partial charge in [0.15, 0.2) is 0 Å². The fraction of sp³-hybridized carbons (Fsp3) is 0.824. The van der Waals surface area contributed by atoms with Gasteiger partial charge in [0, 0.05) is 38.6 Å². The first-order valence-corrected chi connectivity index (χ1v) is 9.18. The molecule has 2 unspecified atom stereocenters. The molecule has 0 aromatic heterocycles. The van der Waals surface area contributed by atoms with Crippen LogP contribution in [-0.4, -0.2) is 71.2 Å². The van der Waals surface area contributed by atoms with Crippen molar-refractivity contribution in [3.05, 3.63) is 0 Å². The summed E-state index contributed by atoms with van der Waals surface area (Å²) >= 11 is 0. The maximum atomic E-state index is 12.5. The van der Waals surface area contributed by atoms with Gasteiger partial charge in [-0.1, -0.05) is 6.92 Å². The first-order chi connectivity index (χ1) is 12.5. The maximum Gasteiger partial charge on any atom is 0.389 e. The fourth-order valence-corrected chi connectivity index (χ4v) is 3.69. The van der Waals surface area contributed by atoms with Crippen LogP contribution < -0.4 is 5.32 Å². The van der Waals surface area contributed by atoms with E-state index < -0.39 is 36.8 Å². The van der Waals surface area contributed by atoms with Crippen molar-refractivity contribution >= 4 is 17.9 Å². The van der Waals surface area contributed by atoms with Crippen molar-refractivity contribution in [2.75, 3.05) is 26.2 Å². The van der Waals surface area contributed by atoms with Gasteiger partial charge in [-0.25, -0.2) is 4.79 Å². The standard InChI is InChI=1S/C17H26F3N3O4/c1-11-7-12(15(25)26)9-23(8-11)16(27)21-13-3-2-6-22(10-13)14(24)4-5-17(18,19)20/h11-13H,2-10H2,1H3,(H,21,27)(H,25,26)/t11?,12?,13-/m1/s1. The van der Waals surface area contributed by atoms with Crippen LogP contribution in [-0.2, 0) is 9.59 Å². The van der Waals surface area contributed by atoms with Crippen molar-refractivity contribution in [1.29, 1.82) is 0 Å². The molecule has 0 bridgehead atoms.